The monoisotopic (exact) mass is 291 g/mol. The lowest BCUT2D eigenvalue weighted by molar-refractivity contribution is 0.602. The highest BCUT2D eigenvalue weighted by Gasteiger charge is 2.14. The Balaban J connectivity index is 1.85. The molecule has 0 unspecified atom stereocenters. The summed E-state index contributed by atoms with van der Waals surface area (Å²) in [5.74, 6) is 0. The summed E-state index contributed by atoms with van der Waals surface area (Å²) < 4.78 is 3.39. The van der Waals surface area contributed by atoms with Crippen LogP contribution in [0.2, 0.25) is 0 Å². The molecule has 1 N–H and O–H groups in total. The van der Waals surface area contributed by atoms with Crippen LogP contribution in [-0.4, -0.2) is 16.1 Å². The second-order valence-corrected chi connectivity index (χ2v) is 5.23. The summed E-state index contributed by atoms with van der Waals surface area (Å²) in [4.78, 5) is 4.46. The highest BCUT2D eigenvalue weighted by atomic mass is 79.9. The second kappa shape index (κ2) is 4.63. The van der Waals surface area contributed by atoms with E-state index < -0.39 is 0 Å². The first-order valence-electron chi connectivity index (χ1n) is 5.81. The van der Waals surface area contributed by atoms with Gasteiger partial charge in [-0.3, -0.25) is 0 Å². The molecule has 0 atom stereocenters. The highest BCUT2D eigenvalue weighted by molar-refractivity contribution is 9.10. The molecule has 2 aromatic rings. The van der Waals surface area contributed by atoms with Crippen LogP contribution in [0.1, 0.15) is 17.0 Å². The molecule has 1 aromatic carbocycles. The van der Waals surface area contributed by atoms with Crippen molar-refractivity contribution in [2.45, 2.75) is 19.5 Å². The molecule has 0 amide bonds. The number of benzene rings is 1. The molecule has 1 aliphatic heterocycles. The maximum absolute atomic E-state index is 4.46. The van der Waals surface area contributed by atoms with Crippen molar-refractivity contribution in [2.24, 2.45) is 0 Å². The Morgan fingerprint density at radius 2 is 2.12 bits per heavy atom. The maximum atomic E-state index is 4.46. The van der Waals surface area contributed by atoms with Gasteiger partial charge in [0.2, 0.25) is 0 Å². The molecule has 17 heavy (non-hydrogen) atoms. The molecular weight excluding hydrogens is 278 g/mol. The Labute approximate surface area is 109 Å². The third kappa shape index (κ3) is 2.28. The Hall–Kier alpha value is -1.13. The van der Waals surface area contributed by atoms with Gasteiger partial charge in [0.05, 0.1) is 12.0 Å². The molecule has 0 aliphatic carbocycles. The predicted molar refractivity (Wildman–Crippen MR) is 70.9 cm³/mol. The number of nitrogens with one attached hydrogen (secondary N) is 1. The number of fused-ring (bicyclic) bond motifs is 1. The van der Waals surface area contributed by atoms with Crippen molar-refractivity contribution in [3.63, 3.8) is 0 Å². The molecule has 0 fully saturated rings. The molecule has 3 nitrogen and oxygen atoms in total. The van der Waals surface area contributed by atoms with E-state index in [1.807, 2.05) is 6.33 Å². The fourth-order valence-corrected chi connectivity index (χ4v) is 2.49. The molecule has 0 spiro atoms. The zero-order chi connectivity index (χ0) is 11.7. The Bertz CT molecular complexity index is 516. The molecular formula is C13H14BrN3. The summed E-state index contributed by atoms with van der Waals surface area (Å²) in [5.41, 5.74) is 3.90. The quantitative estimate of drug-likeness (QED) is 0.920. The third-order valence-corrected chi connectivity index (χ3v) is 3.66. The van der Waals surface area contributed by atoms with E-state index >= 15 is 0 Å². The Kier molecular flexibility index (Phi) is 2.99. The molecule has 4 heteroatoms. The van der Waals surface area contributed by atoms with E-state index in [4.69, 9.17) is 0 Å². The number of halogens is 1. The van der Waals surface area contributed by atoms with E-state index in [1.54, 1.807) is 0 Å². The normalized spacial score (nSPS) is 14.6. The first-order chi connectivity index (χ1) is 8.33. The summed E-state index contributed by atoms with van der Waals surface area (Å²) in [7, 11) is 0. The van der Waals surface area contributed by atoms with Crippen molar-refractivity contribution in [1.29, 1.82) is 0 Å². The van der Waals surface area contributed by atoms with Crippen LogP contribution in [0.5, 0.6) is 0 Å². The summed E-state index contributed by atoms with van der Waals surface area (Å²) in [5, 5.41) is 3.34. The standard InChI is InChI=1S/C13H14BrN3/c14-11-3-1-10(2-4-11)8-17-9-16-12-7-15-6-5-13(12)17/h1-4,9,15H,5-8H2. The predicted octanol–water partition coefficient (Wildman–Crippen LogP) is 2.34. The van der Waals surface area contributed by atoms with E-state index in [9.17, 15) is 0 Å². The van der Waals surface area contributed by atoms with Crippen molar-refractivity contribution in [3.8, 4) is 0 Å². The second-order valence-electron chi connectivity index (χ2n) is 4.32. The molecule has 0 saturated carbocycles. The minimum atomic E-state index is 0.905. The maximum Gasteiger partial charge on any atom is 0.0955 e. The van der Waals surface area contributed by atoms with Crippen molar-refractivity contribution >= 4 is 15.9 Å². The van der Waals surface area contributed by atoms with E-state index in [2.05, 4.69) is 55.1 Å². The molecule has 0 bridgehead atoms. The van der Waals surface area contributed by atoms with Crippen LogP contribution < -0.4 is 5.32 Å². The van der Waals surface area contributed by atoms with Gasteiger partial charge in [-0.15, -0.1) is 0 Å². The van der Waals surface area contributed by atoms with Crippen LogP contribution in [-0.2, 0) is 19.5 Å². The minimum absolute atomic E-state index is 0.905. The van der Waals surface area contributed by atoms with E-state index in [-0.39, 0.29) is 0 Å². The number of nitrogens with zero attached hydrogens (tertiary/aromatic N) is 2. The van der Waals surface area contributed by atoms with Gasteiger partial charge in [-0.2, -0.15) is 0 Å². The first kappa shape index (κ1) is 11.0. The molecule has 2 heterocycles. The Morgan fingerprint density at radius 1 is 1.29 bits per heavy atom. The lowest BCUT2D eigenvalue weighted by atomic mass is 10.1. The van der Waals surface area contributed by atoms with Crippen LogP contribution in [0.3, 0.4) is 0 Å². The van der Waals surface area contributed by atoms with E-state index in [0.717, 1.165) is 30.5 Å². The molecule has 1 aromatic heterocycles. The number of rotatable bonds is 2. The van der Waals surface area contributed by atoms with Crippen LogP contribution in [0.4, 0.5) is 0 Å². The molecule has 0 saturated heterocycles. The zero-order valence-corrected chi connectivity index (χ0v) is 11.1. The van der Waals surface area contributed by atoms with Gasteiger partial charge in [0.1, 0.15) is 0 Å². The van der Waals surface area contributed by atoms with Crippen molar-refractivity contribution in [3.05, 3.63) is 52.0 Å². The van der Waals surface area contributed by atoms with Gasteiger partial charge in [-0.05, 0) is 17.7 Å². The van der Waals surface area contributed by atoms with Gasteiger partial charge in [-0.1, -0.05) is 28.1 Å². The number of hydrogen-bond donors (Lipinski definition) is 1. The van der Waals surface area contributed by atoms with Crippen LogP contribution in [0, 0.1) is 0 Å². The van der Waals surface area contributed by atoms with Crippen LogP contribution >= 0.6 is 15.9 Å². The molecule has 0 radical (unpaired) electrons. The Morgan fingerprint density at radius 3 is 2.94 bits per heavy atom. The van der Waals surface area contributed by atoms with Crippen molar-refractivity contribution < 1.29 is 0 Å². The summed E-state index contributed by atoms with van der Waals surface area (Å²) in [6.45, 7) is 2.87. The van der Waals surface area contributed by atoms with Gasteiger partial charge in [0, 0.05) is 36.2 Å². The van der Waals surface area contributed by atoms with Gasteiger partial charge in [-0.25, -0.2) is 4.98 Å². The largest absolute Gasteiger partial charge is 0.330 e. The zero-order valence-electron chi connectivity index (χ0n) is 9.49. The SMILES string of the molecule is Brc1ccc(Cn2cnc3c2CCNC3)cc1. The fourth-order valence-electron chi connectivity index (χ4n) is 2.22. The van der Waals surface area contributed by atoms with Gasteiger partial charge in [0.25, 0.3) is 0 Å². The lowest BCUT2D eigenvalue weighted by Gasteiger charge is -2.15. The summed E-state index contributed by atoms with van der Waals surface area (Å²) in [6, 6.07) is 8.47. The molecule has 1 aliphatic rings. The number of imidazole rings is 1. The van der Waals surface area contributed by atoms with Gasteiger partial charge in [0.15, 0.2) is 0 Å². The average molecular weight is 292 g/mol. The third-order valence-electron chi connectivity index (χ3n) is 3.13. The highest BCUT2D eigenvalue weighted by Crippen LogP contribution is 2.16. The smallest absolute Gasteiger partial charge is 0.0955 e. The van der Waals surface area contributed by atoms with E-state index in [0.29, 0.717) is 0 Å². The van der Waals surface area contributed by atoms with Gasteiger partial charge >= 0.3 is 0 Å². The van der Waals surface area contributed by atoms with Crippen LogP contribution in [0.15, 0.2) is 35.1 Å². The van der Waals surface area contributed by atoms with Crippen molar-refractivity contribution in [2.75, 3.05) is 6.54 Å². The minimum Gasteiger partial charge on any atom is -0.330 e. The topological polar surface area (TPSA) is 29.9 Å². The number of aromatic nitrogens is 2. The molecule has 88 valence electrons. The van der Waals surface area contributed by atoms with E-state index in [1.165, 1.54) is 17.0 Å². The number of hydrogen-bond acceptors (Lipinski definition) is 2. The van der Waals surface area contributed by atoms with Gasteiger partial charge < -0.3 is 9.88 Å². The van der Waals surface area contributed by atoms with Crippen LogP contribution in [0.25, 0.3) is 0 Å². The van der Waals surface area contributed by atoms with Crippen molar-refractivity contribution in [1.82, 2.24) is 14.9 Å². The summed E-state index contributed by atoms with van der Waals surface area (Å²) in [6.07, 6.45) is 3.03. The first-order valence-corrected chi connectivity index (χ1v) is 6.60. The molecule has 3 rings (SSSR count). The average Bonchev–Trinajstić information content (AvgIpc) is 2.76. The lowest BCUT2D eigenvalue weighted by Crippen LogP contribution is -2.25. The fraction of sp³-hybridized carbons (Fsp3) is 0.308. The summed E-state index contributed by atoms with van der Waals surface area (Å²) >= 11 is 3.46.